The van der Waals surface area contributed by atoms with E-state index in [0.717, 1.165) is 22.4 Å². The lowest BCUT2D eigenvalue weighted by atomic mass is 9.98. The highest BCUT2D eigenvalue weighted by Crippen LogP contribution is 2.33. The van der Waals surface area contributed by atoms with Crippen LogP contribution in [0.4, 0.5) is 4.39 Å². The fraction of sp³-hybridized carbons (Fsp3) is 0.231. The summed E-state index contributed by atoms with van der Waals surface area (Å²) in [5, 5.41) is 6.28. The van der Waals surface area contributed by atoms with Gasteiger partial charge in [-0.25, -0.2) is 9.40 Å². The van der Waals surface area contributed by atoms with Crippen LogP contribution >= 0.6 is 0 Å². The molecule has 5 heteroatoms. The van der Waals surface area contributed by atoms with Crippen LogP contribution in [0.3, 0.4) is 0 Å². The van der Waals surface area contributed by atoms with E-state index in [4.69, 9.17) is 5.10 Å². The lowest BCUT2D eigenvalue weighted by Gasteiger charge is -2.25. The molecule has 0 aromatic heterocycles. The molecule has 1 aliphatic rings. The number of likely N-dealkylation sites (N-methyl/N-ethyl adjacent to an activating group) is 1. The average Bonchev–Trinajstić information content (AvgIpc) is 3.21. The van der Waals surface area contributed by atoms with Crippen molar-refractivity contribution in [3.8, 4) is 0 Å². The number of carbonyl (C=O) groups excluding carboxylic acids is 1. The van der Waals surface area contributed by atoms with Gasteiger partial charge in [0.25, 0.3) is 5.91 Å². The minimum Gasteiger partial charge on any atom is -0.293 e. The van der Waals surface area contributed by atoms with Crippen molar-refractivity contribution in [2.45, 2.75) is 25.9 Å². The fourth-order valence-electron chi connectivity index (χ4n) is 3.86. The number of carbonyl (C=O) groups is 1. The topological polar surface area (TPSA) is 35.9 Å². The van der Waals surface area contributed by atoms with Gasteiger partial charge < -0.3 is 0 Å². The third kappa shape index (κ3) is 5.06. The first-order valence-electron chi connectivity index (χ1n) is 10.4. The standard InChI is InChI=1S/C26H26FN3O/c1-19-8-10-21(11-9-19)24-16-25(22-12-14-23(27)15-13-22)30(28-24)26(31)18-29(2)17-20-6-4-3-5-7-20/h3-15,25H,16-18H2,1-2H3. The molecule has 158 valence electrons. The maximum Gasteiger partial charge on any atom is 0.257 e. The van der Waals surface area contributed by atoms with E-state index in [9.17, 15) is 9.18 Å². The number of hydrogen-bond acceptors (Lipinski definition) is 3. The van der Waals surface area contributed by atoms with Crippen LogP contribution in [0.15, 0.2) is 84.0 Å². The van der Waals surface area contributed by atoms with Crippen LogP contribution in [0.5, 0.6) is 0 Å². The van der Waals surface area contributed by atoms with E-state index in [1.54, 1.807) is 17.1 Å². The second-order valence-corrected chi connectivity index (χ2v) is 8.08. The first-order chi connectivity index (χ1) is 15.0. The summed E-state index contributed by atoms with van der Waals surface area (Å²) in [5.74, 6) is -0.364. The third-order valence-electron chi connectivity index (χ3n) is 5.51. The second kappa shape index (κ2) is 9.23. The van der Waals surface area contributed by atoms with Crippen LogP contribution in [0, 0.1) is 12.7 Å². The number of amides is 1. The molecule has 4 nitrogen and oxygen atoms in total. The van der Waals surface area contributed by atoms with E-state index >= 15 is 0 Å². The Labute approximate surface area is 182 Å². The summed E-state index contributed by atoms with van der Waals surface area (Å²) in [6.45, 7) is 2.97. The van der Waals surface area contributed by atoms with Gasteiger partial charge in [0.15, 0.2) is 0 Å². The Kier molecular flexibility index (Phi) is 6.23. The SMILES string of the molecule is Cc1ccc(C2=NN(C(=O)CN(C)Cc3ccccc3)C(c3ccc(F)cc3)C2)cc1. The molecule has 1 aliphatic heterocycles. The minimum atomic E-state index is -0.290. The molecular weight excluding hydrogens is 389 g/mol. The van der Waals surface area contributed by atoms with Gasteiger partial charge in [0, 0.05) is 13.0 Å². The molecule has 1 atom stereocenters. The fourth-order valence-corrected chi connectivity index (χ4v) is 3.86. The monoisotopic (exact) mass is 415 g/mol. The number of nitrogens with zero attached hydrogens (tertiary/aromatic N) is 3. The van der Waals surface area contributed by atoms with Crippen LogP contribution in [0.2, 0.25) is 0 Å². The summed E-state index contributed by atoms with van der Waals surface area (Å²) in [6, 6.07) is 24.3. The zero-order chi connectivity index (χ0) is 21.8. The Balaban J connectivity index is 1.56. The maximum atomic E-state index is 13.5. The minimum absolute atomic E-state index is 0.0742. The maximum absolute atomic E-state index is 13.5. The van der Waals surface area contributed by atoms with Crippen molar-refractivity contribution in [1.82, 2.24) is 9.91 Å². The summed E-state index contributed by atoms with van der Waals surface area (Å²) in [5.41, 5.74) is 5.08. The van der Waals surface area contributed by atoms with Gasteiger partial charge in [-0.05, 0) is 42.8 Å². The van der Waals surface area contributed by atoms with Crippen molar-refractivity contribution in [2.75, 3.05) is 13.6 Å². The van der Waals surface area contributed by atoms with Gasteiger partial charge >= 0.3 is 0 Å². The van der Waals surface area contributed by atoms with E-state index in [0.29, 0.717) is 13.0 Å². The molecule has 0 spiro atoms. The van der Waals surface area contributed by atoms with Crippen molar-refractivity contribution in [3.05, 3.63) is 107 Å². The zero-order valence-electron chi connectivity index (χ0n) is 17.8. The predicted molar refractivity (Wildman–Crippen MR) is 121 cm³/mol. The second-order valence-electron chi connectivity index (χ2n) is 8.08. The van der Waals surface area contributed by atoms with Crippen LogP contribution in [0.1, 0.15) is 34.7 Å². The molecule has 1 amide bonds. The first kappa shape index (κ1) is 20.9. The lowest BCUT2D eigenvalue weighted by molar-refractivity contribution is -0.134. The number of hydrogen-bond donors (Lipinski definition) is 0. The van der Waals surface area contributed by atoms with Crippen LogP contribution in [0.25, 0.3) is 0 Å². The molecule has 1 heterocycles. The van der Waals surface area contributed by atoms with E-state index in [1.807, 2.05) is 73.5 Å². The largest absolute Gasteiger partial charge is 0.293 e. The summed E-state index contributed by atoms with van der Waals surface area (Å²) in [7, 11) is 1.93. The van der Waals surface area contributed by atoms with Crippen LogP contribution < -0.4 is 0 Å². The molecule has 0 fully saturated rings. The summed E-state index contributed by atoms with van der Waals surface area (Å²) < 4.78 is 13.5. The predicted octanol–water partition coefficient (Wildman–Crippen LogP) is 4.94. The quantitative estimate of drug-likeness (QED) is 0.571. The highest BCUT2D eigenvalue weighted by Gasteiger charge is 2.33. The average molecular weight is 416 g/mol. The number of rotatable bonds is 6. The first-order valence-corrected chi connectivity index (χ1v) is 10.4. The molecule has 0 bridgehead atoms. The third-order valence-corrected chi connectivity index (χ3v) is 5.51. The molecule has 0 aliphatic carbocycles. The zero-order valence-corrected chi connectivity index (χ0v) is 17.8. The molecule has 0 N–H and O–H groups in total. The van der Waals surface area contributed by atoms with E-state index < -0.39 is 0 Å². The highest BCUT2D eigenvalue weighted by atomic mass is 19.1. The van der Waals surface area contributed by atoms with Crippen molar-refractivity contribution >= 4 is 11.6 Å². The Morgan fingerprint density at radius 1 is 1.03 bits per heavy atom. The number of halogens is 1. The Hall–Kier alpha value is -3.31. The van der Waals surface area contributed by atoms with Crippen molar-refractivity contribution < 1.29 is 9.18 Å². The van der Waals surface area contributed by atoms with Gasteiger partial charge in [-0.1, -0.05) is 72.3 Å². The normalized spacial score (nSPS) is 15.9. The van der Waals surface area contributed by atoms with Gasteiger partial charge in [0.1, 0.15) is 5.82 Å². The van der Waals surface area contributed by atoms with E-state index in [1.165, 1.54) is 17.7 Å². The molecule has 1 unspecified atom stereocenters. The van der Waals surface area contributed by atoms with Gasteiger partial charge in [-0.15, -0.1) is 0 Å². The molecule has 31 heavy (non-hydrogen) atoms. The Bertz CT molecular complexity index is 1060. The summed E-state index contributed by atoms with van der Waals surface area (Å²) in [6.07, 6.45) is 0.600. The van der Waals surface area contributed by atoms with Gasteiger partial charge in [-0.2, -0.15) is 5.10 Å². The van der Waals surface area contributed by atoms with Crippen LogP contribution in [-0.2, 0) is 11.3 Å². The number of hydrazone groups is 1. The van der Waals surface area contributed by atoms with Crippen molar-refractivity contribution in [2.24, 2.45) is 5.10 Å². The molecular formula is C26H26FN3O. The molecule has 0 radical (unpaired) electrons. The van der Waals surface area contributed by atoms with Gasteiger partial charge in [0.2, 0.25) is 0 Å². The Morgan fingerprint density at radius 2 is 1.71 bits per heavy atom. The van der Waals surface area contributed by atoms with Crippen molar-refractivity contribution in [1.29, 1.82) is 0 Å². The Morgan fingerprint density at radius 3 is 2.39 bits per heavy atom. The van der Waals surface area contributed by atoms with E-state index in [-0.39, 0.29) is 24.3 Å². The van der Waals surface area contributed by atoms with Gasteiger partial charge in [0.05, 0.1) is 18.3 Å². The highest BCUT2D eigenvalue weighted by molar-refractivity contribution is 6.03. The lowest BCUT2D eigenvalue weighted by Crippen LogP contribution is -2.36. The molecule has 3 aromatic rings. The van der Waals surface area contributed by atoms with E-state index in [2.05, 4.69) is 0 Å². The molecule has 0 saturated carbocycles. The molecule has 0 saturated heterocycles. The molecule has 4 rings (SSSR count). The van der Waals surface area contributed by atoms with Gasteiger partial charge in [-0.3, -0.25) is 9.69 Å². The summed E-state index contributed by atoms with van der Waals surface area (Å²) in [4.78, 5) is 15.2. The smallest absolute Gasteiger partial charge is 0.257 e. The van der Waals surface area contributed by atoms with Crippen LogP contribution in [-0.4, -0.2) is 35.1 Å². The number of aryl methyl sites for hydroxylation is 1. The number of benzene rings is 3. The van der Waals surface area contributed by atoms with Crippen molar-refractivity contribution in [3.63, 3.8) is 0 Å². The molecule has 3 aromatic carbocycles. The summed E-state index contributed by atoms with van der Waals surface area (Å²) >= 11 is 0.